The fourth-order valence-corrected chi connectivity index (χ4v) is 2.40. The zero-order valence-corrected chi connectivity index (χ0v) is 10.4. The van der Waals surface area contributed by atoms with Gasteiger partial charge in [0.2, 0.25) is 0 Å². The van der Waals surface area contributed by atoms with Crippen LogP contribution in [0.3, 0.4) is 0 Å². The number of hydrogen-bond acceptors (Lipinski definition) is 5. The average Bonchev–Trinajstić information content (AvgIpc) is 2.55. The van der Waals surface area contributed by atoms with E-state index < -0.39 is 9.84 Å². The predicted molar refractivity (Wildman–Crippen MR) is 60.3 cm³/mol. The highest BCUT2D eigenvalue weighted by Crippen LogP contribution is 2.19. The summed E-state index contributed by atoms with van der Waals surface area (Å²) in [5.74, 6) is 0. The van der Waals surface area contributed by atoms with E-state index >= 15 is 0 Å². The second-order valence-corrected chi connectivity index (χ2v) is 5.77. The fourth-order valence-electron chi connectivity index (χ4n) is 1.66. The molecule has 2 aromatic heterocycles. The Balaban J connectivity index is 3.02. The minimum Gasteiger partial charge on any atom is -0.233 e. The Kier molecular flexibility index (Phi) is 2.40. The van der Waals surface area contributed by atoms with E-state index in [1.165, 1.54) is 4.52 Å². The van der Waals surface area contributed by atoms with Crippen molar-refractivity contribution in [2.24, 2.45) is 0 Å². The van der Waals surface area contributed by atoms with Gasteiger partial charge in [-0.25, -0.2) is 17.9 Å². The second kappa shape index (κ2) is 3.53. The highest BCUT2D eigenvalue weighted by molar-refractivity contribution is 7.90. The van der Waals surface area contributed by atoms with Crippen LogP contribution < -0.4 is 0 Å². The third kappa shape index (κ3) is 1.76. The van der Waals surface area contributed by atoms with Gasteiger partial charge in [-0.2, -0.15) is 10.4 Å². The van der Waals surface area contributed by atoms with Crippen molar-refractivity contribution in [3.8, 4) is 6.07 Å². The van der Waals surface area contributed by atoms with Crippen molar-refractivity contribution >= 4 is 15.5 Å². The second-order valence-electron chi connectivity index (χ2n) is 3.84. The first-order chi connectivity index (χ1) is 7.84. The molecule has 7 heteroatoms. The minimum absolute atomic E-state index is 0.000648. The van der Waals surface area contributed by atoms with E-state index in [2.05, 4.69) is 10.1 Å². The van der Waals surface area contributed by atoms with Crippen molar-refractivity contribution in [2.45, 2.75) is 18.9 Å². The Morgan fingerprint density at radius 1 is 1.41 bits per heavy atom. The number of fused-ring (bicyclic) bond motifs is 1. The van der Waals surface area contributed by atoms with Gasteiger partial charge in [0.05, 0.1) is 0 Å². The Morgan fingerprint density at radius 3 is 2.59 bits per heavy atom. The summed E-state index contributed by atoms with van der Waals surface area (Å²) in [7, 11) is -3.53. The molecule has 2 aromatic rings. The van der Waals surface area contributed by atoms with Gasteiger partial charge >= 0.3 is 0 Å². The van der Waals surface area contributed by atoms with E-state index in [0.29, 0.717) is 5.69 Å². The molecule has 0 unspecified atom stereocenters. The van der Waals surface area contributed by atoms with E-state index in [1.54, 1.807) is 19.9 Å². The SMILES string of the molecule is Cc1cc(C)n2nc(S(C)(=O)=O)c(C#N)c2n1. The smallest absolute Gasteiger partial charge is 0.197 e. The van der Waals surface area contributed by atoms with Crippen LogP contribution in [0.2, 0.25) is 0 Å². The maximum Gasteiger partial charge on any atom is 0.197 e. The average molecular weight is 250 g/mol. The first-order valence-corrected chi connectivity index (χ1v) is 6.71. The molecule has 17 heavy (non-hydrogen) atoms. The molecular weight excluding hydrogens is 240 g/mol. The molecule has 0 saturated carbocycles. The molecule has 2 rings (SSSR count). The molecule has 88 valence electrons. The molecule has 0 radical (unpaired) electrons. The molecule has 0 atom stereocenters. The number of nitrogens with zero attached hydrogens (tertiary/aromatic N) is 4. The molecule has 0 fully saturated rings. The Bertz CT molecular complexity index is 753. The summed E-state index contributed by atoms with van der Waals surface area (Å²) in [6.45, 7) is 3.56. The van der Waals surface area contributed by atoms with Crippen molar-refractivity contribution in [3.05, 3.63) is 23.0 Å². The van der Waals surface area contributed by atoms with Gasteiger partial charge in [0, 0.05) is 17.6 Å². The van der Waals surface area contributed by atoms with Gasteiger partial charge in [-0.05, 0) is 19.9 Å². The number of aryl methyl sites for hydroxylation is 2. The van der Waals surface area contributed by atoms with Crippen molar-refractivity contribution < 1.29 is 8.42 Å². The van der Waals surface area contributed by atoms with Crippen LogP contribution in [0, 0.1) is 25.2 Å². The highest BCUT2D eigenvalue weighted by atomic mass is 32.2. The molecule has 0 bridgehead atoms. The summed E-state index contributed by atoms with van der Waals surface area (Å²) in [5.41, 5.74) is 1.73. The van der Waals surface area contributed by atoms with Crippen LogP contribution >= 0.6 is 0 Å². The largest absolute Gasteiger partial charge is 0.233 e. The predicted octanol–water partition coefficient (Wildman–Crippen LogP) is 0.621. The van der Waals surface area contributed by atoms with Crippen LogP contribution in [0.25, 0.3) is 5.65 Å². The lowest BCUT2D eigenvalue weighted by Crippen LogP contribution is -2.01. The van der Waals surface area contributed by atoms with Gasteiger partial charge < -0.3 is 0 Å². The number of aromatic nitrogens is 3. The van der Waals surface area contributed by atoms with Gasteiger partial charge in [0.25, 0.3) is 0 Å². The maximum atomic E-state index is 11.5. The maximum absolute atomic E-state index is 11.5. The molecule has 2 heterocycles. The Morgan fingerprint density at radius 2 is 2.06 bits per heavy atom. The van der Waals surface area contributed by atoms with E-state index in [-0.39, 0.29) is 16.2 Å². The number of sulfone groups is 1. The molecule has 0 amide bonds. The summed E-state index contributed by atoms with van der Waals surface area (Å²) >= 11 is 0. The van der Waals surface area contributed by atoms with Crippen molar-refractivity contribution in [1.82, 2.24) is 14.6 Å². The molecule has 0 aromatic carbocycles. The fraction of sp³-hybridized carbons (Fsp3) is 0.300. The van der Waals surface area contributed by atoms with E-state index in [4.69, 9.17) is 5.26 Å². The first kappa shape index (κ1) is 11.5. The molecule has 0 aliphatic carbocycles. The normalized spacial score (nSPS) is 11.6. The summed E-state index contributed by atoms with van der Waals surface area (Å²) in [5, 5.41) is 12.8. The van der Waals surface area contributed by atoms with Crippen molar-refractivity contribution in [3.63, 3.8) is 0 Å². The lowest BCUT2D eigenvalue weighted by molar-refractivity contribution is 0.596. The van der Waals surface area contributed by atoms with Crippen LogP contribution in [0.1, 0.15) is 17.0 Å². The third-order valence-corrected chi connectivity index (χ3v) is 3.31. The number of hydrogen-bond donors (Lipinski definition) is 0. The number of nitriles is 1. The minimum atomic E-state index is -3.53. The Labute approximate surface area is 98.4 Å². The lowest BCUT2D eigenvalue weighted by Gasteiger charge is -1.99. The monoisotopic (exact) mass is 250 g/mol. The zero-order chi connectivity index (χ0) is 12.8. The topological polar surface area (TPSA) is 88.1 Å². The van der Waals surface area contributed by atoms with Crippen LogP contribution in [-0.4, -0.2) is 29.3 Å². The molecule has 0 aliphatic heterocycles. The molecule has 0 spiro atoms. The van der Waals surface area contributed by atoms with E-state index in [1.807, 2.05) is 6.07 Å². The van der Waals surface area contributed by atoms with Gasteiger partial charge in [-0.1, -0.05) is 0 Å². The molecule has 0 saturated heterocycles. The van der Waals surface area contributed by atoms with Gasteiger partial charge in [0.1, 0.15) is 11.6 Å². The third-order valence-electron chi connectivity index (χ3n) is 2.33. The molecule has 0 N–H and O–H groups in total. The summed E-state index contributed by atoms with van der Waals surface area (Å²) in [4.78, 5) is 4.15. The standard InChI is InChI=1S/C10H10N4O2S/c1-6-4-7(2)14-9(12-6)8(5-11)10(13-14)17(3,15)16/h4H,1-3H3. The summed E-state index contributed by atoms with van der Waals surface area (Å²) in [6, 6.07) is 3.63. The van der Waals surface area contributed by atoms with Crippen LogP contribution in [0.4, 0.5) is 0 Å². The van der Waals surface area contributed by atoms with Gasteiger partial charge in [-0.3, -0.25) is 0 Å². The van der Waals surface area contributed by atoms with E-state index in [0.717, 1.165) is 11.9 Å². The first-order valence-electron chi connectivity index (χ1n) is 4.81. The summed E-state index contributed by atoms with van der Waals surface area (Å²) in [6.07, 6.45) is 1.03. The van der Waals surface area contributed by atoms with Crippen molar-refractivity contribution in [1.29, 1.82) is 5.26 Å². The van der Waals surface area contributed by atoms with Gasteiger partial charge in [0.15, 0.2) is 20.5 Å². The zero-order valence-electron chi connectivity index (χ0n) is 9.59. The van der Waals surface area contributed by atoms with Crippen LogP contribution in [-0.2, 0) is 9.84 Å². The molecular formula is C10H10N4O2S. The van der Waals surface area contributed by atoms with Gasteiger partial charge in [-0.15, -0.1) is 0 Å². The van der Waals surface area contributed by atoms with Crippen LogP contribution in [0.5, 0.6) is 0 Å². The van der Waals surface area contributed by atoms with Crippen LogP contribution in [0.15, 0.2) is 11.1 Å². The Hall–Kier alpha value is -1.94. The lowest BCUT2D eigenvalue weighted by atomic mass is 10.3. The molecule has 6 nitrogen and oxygen atoms in total. The molecule has 0 aliphatic rings. The highest BCUT2D eigenvalue weighted by Gasteiger charge is 2.22. The number of rotatable bonds is 1. The quantitative estimate of drug-likeness (QED) is 0.740. The van der Waals surface area contributed by atoms with Crippen molar-refractivity contribution in [2.75, 3.05) is 6.26 Å². The van der Waals surface area contributed by atoms with E-state index in [9.17, 15) is 8.42 Å². The summed E-state index contributed by atoms with van der Waals surface area (Å²) < 4.78 is 24.4.